The third-order valence-corrected chi connectivity index (χ3v) is 2.47. The second-order valence-electron chi connectivity index (χ2n) is 3.91. The molecule has 1 fully saturated rings. The summed E-state index contributed by atoms with van der Waals surface area (Å²) in [5.74, 6) is 0. The van der Waals surface area contributed by atoms with Crippen molar-refractivity contribution >= 4 is 0 Å². The van der Waals surface area contributed by atoms with Crippen LogP contribution in [0.25, 0.3) is 0 Å². The van der Waals surface area contributed by atoms with Gasteiger partial charge in [-0.1, -0.05) is 0 Å². The third kappa shape index (κ3) is 6.75. The first-order chi connectivity index (χ1) is 7.87. The van der Waals surface area contributed by atoms with Gasteiger partial charge in [0.15, 0.2) is 0 Å². The zero-order valence-corrected chi connectivity index (χ0v) is 9.14. The van der Waals surface area contributed by atoms with Crippen LogP contribution in [0.4, 0.5) is 22.0 Å². The van der Waals surface area contributed by atoms with Gasteiger partial charge in [0, 0.05) is 32.2 Å². The minimum Gasteiger partial charge on any atom is -0.321 e. The minimum atomic E-state index is -4.18. The maximum atomic E-state index is 12.0. The zero-order chi connectivity index (χ0) is 12.9. The summed E-state index contributed by atoms with van der Waals surface area (Å²) >= 11 is 0. The van der Waals surface area contributed by atoms with E-state index in [1.807, 2.05) is 0 Å². The fourth-order valence-corrected chi connectivity index (χ4v) is 1.68. The molecule has 0 radical (unpaired) electrons. The first-order valence-corrected chi connectivity index (χ1v) is 5.29. The number of halogens is 5. The van der Waals surface area contributed by atoms with Crippen molar-refractivity contribution in [2.75, 3.05) is 32.8 Å². The van der Waals surface area contributed by atoms with Crippen LogP contribution in [0.5, 0.6) is 0 Å². The van der Waals surface area contributed by atoms with E-state index >= 15 is 0 Å². The third-order valence-electron chi connectivity index (χ3n) is 2.47. The van der Waals surface area contributed by atoms with E-state index in [0.717, 1.165) is 0 Å². The lowest BCUT2D eigenvalue weighted by Gasteiger charge is -2.33. The topological polar surface area (TPSA) is 24.5 Å². The first-order valence-electron chi connectivity index (χ1n) is 5.29. The standard InChI is InChI=1S/C9H15F5N2O/c10-8(11)17-6-7-5-16(4-2-15-7)3-1-9(12,13)14/h7-8,15H,1-6H2/t7-/m0/s1. The molecule has 3 nitrogen and oxygen atoms in total. The Morgan fingerprint density at radius 1 is 1.35 bits per heavy atom. The summed E-state index contributed by atoms with van der Waals surface area (Å²) < 4.78 is 63.7. The van der Waals surface area contributed by atoms with Gasteiger partial charge in [0.1, 0.15) is 0 Å². The largest absolute Gasteiger partial charge is 0.390 e. The Hall–Kier alpha value is -0.470. The summed E-state index contributed by atoms with van der Waals surface area (Å²) in [4.78, 5) is 1.60. The zero-order valence-electron chi connectivity index (χ0n) is 9.14. The number of ether oxygens (including phenoxy) is 1. The fraction of sp³-hybridized carbons (Fsp3) is 1.00. The summed E-state index contributed by atoms with van der Waals surface area (Å²) in [6.07, 6.45) is -5.06. The molecular weight excluding hydrogens is 247 g/mol. The van der Waals surface area contributed by atoms with Crippen LogP contribution in [0.15, 0.2) is 0 Å². The van der Waals surface area contributed by atoms with E-state index < -0.39 is 19.2 Å². The van der Waals surface area contributed by atoms with Crippen molar-refractivity contribution in [3.8, 4) is 0 Å². The molecule has 102 valence electrons. The van der Waals surface area contributed by atoms with Crippen molar-refractivity contribution in [1.29, 1.82) is 0 Å². The van der Waals surface area contributed by atoms with Gasteiger partial charge in [-0.05, 0) is 0 Å². The van der Waals surface area contributed by atoms with E-state index in [0.29, 0.717) is 19.6 Å². The van der Waals surface area contributed by atoms with Crippen molar-refractivity contribution in [1.82, 2.24) is 10.2 Å². The van der Waals surface area contributed by atoms with Crippen LogP contribution in [0.3, 0.4) is 0 Å². The molecule has 0 aliphatic carbocycles. The Kier molecular flexibility index (Phi) is 5.54. The Bertz CT molecular complexity index is 224. The van der Waals surface area contributed by atoms with Crippen LogP contribution in [0.1, 0.15) is 6.42 Å². The quantitative estimate of drug-likeness (QED) is 0.759. The van der Waals surface area contributed by atoms with Crippen LogP contribution < -0.4 is 5.32 Å². The maximum absolute atomic E-state index is 12.0. The number of piperazine rings is 1. The van der Waals surface area contributed by atoms with Crippen LogP contribution in [0.2, 0.25) is 0 Å². The molecule has 0 spiro atoms. The van der Waals surface area contributed by atoms with E-state index in [2.05, 4.69) is 10.1 Å². The average Bonchev–Trinajstić information content (AvgIpc) is 2.23. The molecule has 17 heavy (non-hydrogen) atoms. The molecule has 0 saturated carbocycles. The molecule has 0 unspecified atom stereocenters. The lowest BCUT2D eigenvalue weighted by Crippen LogP contribution is -2.53. The van der Waals surface area contributed by atoms with E-state index in [9.17, 15) is 22.0 Å². The molecule has 0 aromatic rings. The number of rotatable bonds is 5. The molecule has 1 N–H and O–H groups in total. The molecule has 1 saturated heterocycles. The van der Waals surface area contributed by atoms with E-state index in [1.54, 1.807) is 4.90 Å². The summed E-state index contributed by atoms with van der Waals surface area (Å²) in [6, 6.07) is -0.342. The highest BCUT2D eigenvalue weighted by Gasteiger charge is 2.29. The van der Waals surface area contributed by atoms with Crippen LogP contribution in [0, 0.1) is 0 Å². The monoisotopic (exact) mass is 262 g/mol. The van der Waals surface area contributed by atoms with Gasteiger partial charge in [-0.25, -0.2) is 0 Å². The lowest BCUT2D eigenvalue weighted by molar-refractivity contribution is -0.142. The van der Waals surface area contributed by atoms with E-state index in [-0.39, 0.29) is 19.2 Å². The van der Waals surface area contributed by atoms with Gasteiger partial charge in [-0.2, -0.15) is 22.0 Å². The smallest absolute Gasteiger partial charge is 0.321 e. The molecular formula is C9H15F5N2O. The summed E-state index contributed by atoms with van der Waals surface area (Å²) in [5, 5.41) is 2.92. The van der Waals surface area contributed by atoms with Crippen LogP contribution >= 0.6 is 0 Å². The normalized spacial score (nSPS) is 23.3. The van der Waals surface area contributed by atoms with Crippen molar-refractivity contribution in [3.63, 3.8) is 0 Å². The number of hydrogen-bond donors (Lipinski definition) is 1. The molecule has 0 aromatic carbocycles. The molecule has 1 heterocycles. The number of nitrogens with one attached hydrogen (secondary N) is 1. The Labute approximate surface area is 95.9 Å². The predicted molar refractivity (Wildman–Crippen MR) is 50.9 cm³/mol. The molecule has 0 aromatic heterocycles. The van der Waals surface area contributed by atoms with Crippen molar-refractivity contribution < 1.29 is 26.7 Å². The minimum absolute atomic E-state index is 0.101. The van der Waals surface area contributed by atoms with Gasteiger partial charge < -0.3 is 15.0 Å². The maximum Gasteiger partial charge on any atom is 0.390 e. The molecule has 1 rings (SSSR count). The number of nitrogens with zero attached hydrogens (tertiary/aromatic N) is 1. The molecule has 1 aliphatic rings. The Balaban J connectivity index is 2.24. The molecule has 1 atom stereocenters. The van der Waals surface area contributed by atoms with E-state index in [1.165, 1.54) is 0 Å². The van der Waals surface area contributed by atoms with Gasteiger partial charge in [-0.15, -0.1) is 0 Å². The van der Waals surface area contributed by atoms with Gasteiger partial charge in [0.2, 0.25) is 0 Å². The molecule has 0 amide bonds. The highest BCUT2D eigenvalue weighted by atomic mass is 19.4. The Morgan fingerprint density at radius 2 is 2.06 bits per heavy atom. The number of alkyl halides is 5. The highest BCUT2D eigenvalue weighted by molar-refractivity contribution is 4.78. The van der Waals surface area contributed by atoms with Crippen LogP contribution in [-0.2, 0) is 4.74 Å². The van der Waals surface area contributed by atoms with Crippen molar-refractivity contribution in [2.24, 2.45) is 0 Å². The summed E-state index contributed by atoms with van der Waals surface area (Å²) in [6.45, 7) is -1.88. The summed E-state index contributed by atoms with van der Waals surface area (Å²) in [5.41, 5.74) is 0. The van der Waals surface area contributed by atoms with Gasteiger partial charge >= 0.3 is 12.8 Å². The van der Waals surface area contributed by atoms with E-state index in [4.69, 9.17) is 0 Å². The SMILES string of the molecule is FC(F)OC[C@@H]1CN(CCC(F)(F)F)CCN1. The molecule has 0 bridgehead atoms. The second kappa shape index (κ2) is 6.46. The first kappa shape index (κ1) is 14.6. The summed E-state index contributed by atoms with van der Waals surface area (Å²) in [7, 11) is 0. The van der Waals surface area contributed by atoms with Gasteiger partial charge in [-0.3, -0.25) is 0 Å². The Morgan fingerprint density at radius 3 is 2.65 bits per heavy atom. The highest BCUT2D eigenvalue weighted by Crippen LogP contribution is 2.20. The predicted octanol–water partition coefficient (Wildman–Crippen LogP) is 1.45. The van der Waals surface area contributed by atoms with Gasteiger partial charge in [0.25, 0.3) is 0 Å². The number of hydrogen-bond acceptors (Lipinski definition) is 3. The lowest BCUT2D eigenvalue weighted by atomic mass is 10.2. The fourth-order valence-electron chi connectivity index (χ4n) is 1.68. The van der Waals surface area contributed by atoms with Crippen molar-refractivity contribution in [2.45, 2.75) is 25.3 Å². The van der Waals surface area contributed by atoms with Gasteiger partial charge in [0.05, 0.1) is 13.0 Å². The van der Waals surface area contributed by atoms with Crippen LogP contribution in [-0.4, -0.2) is 56.5 Å². The molecule has 8 heteroatoms. The average molecular weight is 262 g/mol. The molecule has 1 aliphatic heterocycles. The second-order valence-corrected chi connectivity index (χ2v) is 3.91. The van der Waals surface area contributed by atoms with Crippen molar-refractivity contribution in [3.05, 3.63) is 0 Å².